The summed E-state index contributed by atoms with van der Waals surface area (Å²) in [5, 5.41) is 7.05. The molecule has 0 radical (unpaired) electrons. The highest BCUT2D eigenvalue weighted by Crippen LogP contribution is 2.20. The van der Waals surface area contributed by atoms with Crippen LogP contribution < -0.4 is 15.5 Å². The van der Waals surface area contributed by atoms with Crippen molar-refractivity contribution in [2.45, 2.75) is 26.4 Å². The van der Waals surface area contributed by atoms with Crippen LogP contribution in [0.15, 0.2) is 77.9 Å². The monoisotopic (exact) mass is 449 g/mol. The summed E-state index contributed by atoms with van der Waals surface area (Å²) in [5.74, 6) is 0.101. The fourth-order valence-corrected chi connectivity index (χ4v) is 3.04. The number of aryl methyl sites for hydroxylation is 1. The van der Waals surface area contributed by atoms with Gasteiger partial charge in [0.25, 0.3) is 0 Å². The van der Waals surface area contributed by atoms with Crippen LogP contribution in [0.1, 0.15) is 29.5 Å². The molecule has 3 aromatic carbocycles. The molecule has 3 aromatic rings. The van der Waals surface area contributed by atoms with E-state index < -0.39 is 0 Å². The molecule has 0 aliphatic rings. The van der Waals surface area contributed by atoms with Gasteiger partial charge in [0.05, 0.1) is 16.9 Å². The summed E-state index contributed by atoms with van der Waals surface area (Å²) in [6, 6.07) is 22.5. The Labute approximate surface area is 192 Å². The molecular weight excluding hydrogens is 426 g/mol. The zero-order valence-corrected chi connectivity index (χ0v) is 18.4. The lowest BCUT2D eigenvalue weighted by atomic mass is 10.1. The number of ether oxygens (including phenoxy) is 1. The summed E-state index contributed by atoms with van der Waals surface area (Å²) in [5.41, 5.74) is 6.05. The molecular formula is C25H24ClN3O3. The average molecular weight is 450 g/mol. The van der Waals surface area contributed by atoms with E-state index >= 15 is 0 Å². The maximum absolute atomic E-state index is 12.0. The van der Waals surface area contributed by atoms with E-state index in [1.165, 1.54) is 11.8 Å². The summed E-state index contributed by atoms with van der Waals surface area (Å²) >= 11 is 6.00. The lowest BCUT2D eigenvalue weighted by molar-refractivity contribution is -0.124. The van der Waals surface area contributed by atoms with Crippen molar-refractivity contribution in [3.05, 3.63) is 94.5 Å². The Morgan fingerprint density at radius 3 is 2.47 bits per heavy atom. The van der Waals surface area contributed by atoms with Crippen molar-refractivity contribution in [1.29, 1.82) is 0 Å². The van der Waals surface area contributed by atoms with Crippen molar-refractivity contribution in [1.82, 2.24) is 5.43 Å². The van der Waals surface area contributed by atoms with Crippen LogP contribution in [0.3, 0.4) is 0 Å². The molecule has 0 spiro atoms. The van der Waals surface area contributed by atoms with Crippen LogP contribution in [0.25, 0.3) is 0 Å². The molecule has 6 nitrogen and oxygen atoms in total. The van der Waals surface area contributed by atoms with Gasteiger partial charge < -0.3 is 10.1 Å². The topological polar surface area (TPSA) is 79.8 Å². The standard InChI is InChI=1S/C25H24ClN3O3/c1-18-5-4-6-20(15-18)17-32-21-11-9-19(10-12-21)16-27-29-25(31)14-13-24(30)28-23-8-3-2-7-22(23)26/h2-12,15-16H,13-14,17H2,1H3,(H,28,30)(H,29,31). The number of hydrogen-bond acceptors (Lipinski definition) is 4. The molecule has 0 aromatic heterocycles. The van der Waals surface area contributed by atoms with Crippen molar-refractivity contribution >= 4 is 35.3 Å². The second-order valence-corrected chi connectivity index (χ2v) is 7.58. The number of para-hydroxylation sites is 1. The fraction of sp³-hybridized carbons (Fsp3) is 0.160. The molecule has 3 rings (SSSR count). The molecule has 0 heterocycles. The minimum absolute atomic E-state index is 0.0133. The third-order valence-corrected chi connectivity index (χ3v) is 4.83. The summed E-state index contributed by atoms with van der Waals surface area (Å²) in [4.78, 5) is 23.9. The van der Waals surface area contributed by atoms with Gasteiger partial charge in [-0.2, -0.15) is 5.10 Å². The smallest absolute Gasteiger partial charge is 0.240 e. The van der Waals surface area contributed by atoms with E-state index in [1.807, 2.05) is 49.4 Å². The van der Waals surface area contributed by atoms with E-state index in [4.69, 9.17) is 16.3 Å². The zero-order chi connectivity index (χ0) is 22.8. The highest BCUT2D eigenvalue weighted by atomic mass is 35.5. The van der Waals surface area contributed by atoms with Crippen LogP contribution in [0.2, 0.25) is 5.02 Å². The molecule has 0 saturated heterocycles. The van der Waals surface area contributed by atoms with E-state index in [2.05, 4.69) is 21.9 Å². The van der Waals surface area contributed by atoms with Crippen molar-refractivity contribution in [3.63, 3.8) is 0 Å². The lowest BCUT2D eigenvalue weighted by Gasteiger charge is -2.07. The van der Waals surface area contributed by atoms with Gasteiger partial charge in [-0.15, -0.1) is 0 Å². The van der Waals surface area contributed by atoms with Gasteiger partial charge in [0.2, 0.25) is 11.8 Å². The first kappa shape index (κ1) is 23.0. The predicted molar refractivity (Wildman–Crippen MR) is 127 cm³/mol. The summed E-state index contributed by atoms with van der Waals surface area (Å²) in [6.45, 7) is 2.54. The first-order valence-corrected chi connectivity index (χ1v) is 10.5. The average Bonchev–Trinajstić information content (AvgIpc) is 2.79. The number of nitrogens with one attached hydrogen (secondary N) is 2. The third-order valence-electron chi connectivity index (χ3n) is 4.50. The molecule has 2 amide bonds. The van der Waals surface area contributed by atoms with Crippen LogP contribution >= 0.6 is 11.6 Å². The van der Waals surface area contributed by atoms with Crippen molar-refractivity contribution in [3.8, 4) is 5.75 Å². The zero-order valence-electron chi connectivity index (χ0n) is 17.7. The highest BCUT2D eigenvalue weighted by Gasteiger charge is 2.08. The molecule has 0 unspecified atom stereocenters. The number of carbonyl (C=O) groups is 2. The number of benzene rings is 3. The van der Waals surface area contributed by atoms with E-state index in [0.717, 1.165) is 16.9 Å². The quantitative estimate of drug-likeness (QED) is 0.352. The van der Waals surface area contributed by atoms with Gasteiger partial charge in [0.1, 0.15) is 12.4 Å². The molecule has 164 valence electrons. The molecule has 0 aliphatic carbocycles. The summed E-state index contributed by atoms with van der Waals surface area (Å²) < 4.78 is 5.79. The van der Waals surface area contributed by atoms with E-state index in [1.54, 1.807) is 24.3 Å². The molecule has 0 aliphatic heterocycles. The number of anilines is 1. The maximum Gasteiger partial charge on any atom is 0.240 e. The Kier molecular flexibility index (Phi) is 8.40. The predicted octanol–water partition coefficient (Wildman–Crippen LogP) is 5.10. The molecule has 0 bridgehead atoms. The first-order valence-electron chi connectivity index (χ1n) is 10.1. The van der Waals surface area contributed by atoms with Gasteiger partial charge >= 0.3 is 0 Å². The molecule has 32 heavy (non-hydrogen) atoms. The van der Waals surface area contributed by atoms with Gasteiger partial charge in [0, 0.05) is 12.8 Å². The maximum atomic E-state index is 12.0. The first-order chi connectivity index (χ1) is 15.5. The Morgan fingerprint density at radius 1 is 0.969 bits per heavy atom. The van der Waals surface area contributed by atoms with Crippen LogP contribution in [0.4, 0.5) is 5.69 Å². The normalized spacial score (nSPS) is 10.7. The minimum Gasteiger partial charge on any atom is -0.489 e. The second kappa shape index (κ2) is 11.7. The summed E-state index contributed by atoms with van der Waals surface area (Å²) in [7, 11) is 0. The number of halogens is 1. The van der Waals surface area contributed by atoms with E-state index in [9.17, 15) is 9.59 Å². The Bertz CT molecular complexity index is 1100. The summed E-state index contributed by atoms with van der Waals surface area (Å²) in [6.07, 6.45) is 1.57. The Morgan fingerprint density at radius 2 is 1.72 bits per heavy atom. The number of rotatable bonds is 9. The number of hydrogen-bond donors (Lipinski definition) is 2. The van der Waals surface area contributed by atoms with E-state index in [0.29, 0.717) is 17.3 Å². The van der Waals surface area contributed by atoms with Crippen LogP contribution in [0.5, 0.6) is 5.75 Å². The van der Waals surface area contributed by atoms with Crippen molar-refractivity contribution in [2.24, 2.45) is 5.10 Å². The number of amides is 2. The molecule has 0 fully saturated rings. The fourth-order valence-electron chi connectivity index (χ4n) is 2.86. The van der Waals surface area contributed by atoms with Gasteiger partial charge in [0.15, 0.2) is 0 Å². The van der Waals surface area contributed by atoms with E-state index in [-0.39, 0.29) is 24.7 Å². The van der Waals surface area contributed by atoms with Gasteiger partial charge in [-0.3, -0.25) is 9.59 Å². The number of carbonyl (C=O) groups excluding carboxylic acids is 2. The van der Waals surface area contributed by atoms with Gasteiger partial charge in [-0.25, -0.2) is 5.43 Å². The number of nitrogens with zero attached hydrogens (tertiary/aromatic N) is 1. The number of hydrazone groups is 1. The SMILES string of the molecule is Cc1cccc(COc2ccc(C=NNC(=O)CCC(=O)Nc3ccccc3Cl)cc2)c1. The lowest BCUT2D eigenvalue weighted by Crippen LogP contribution is -2.20. The van der Waals surface area contributed by atoms with Crippen LogP contribution in [-0.2, 0) is 16.2 Å². The Hall–Kier alpha value is -3.64. The minimum atomic E-state index is -0.353. The highest BCUT2D eigenvalue weighted by molar-refractivity contribution is 6.33. The van der Waals surface area contributed by atoms with Gasteiger partial charge in [-0.05, 0) is 54.4 Å². The Balaban J connectivity index is 1.38. The van der Waals surface area contributed by atoms with Gasteiger partial charge in [-0.1, -0.05) is 53.6 Å². The largest absolute Gasteiger partial charge is 0.489 e. The molecule has 2 N–H and O–H groups in total. The van der Waals surface area contributed by atoms with Crippen molar-refractivity contribution < 1.29 is 14.3 Å². The second-order valence-electron chi connectivity index (χ2n) is 7.17. The van der Waals surface area contributed by atoms with Crippen LogP contribution in [0, 0.1) is 6.92 Å². The van der Waals surface area contributed by atoms with Crippen LogP contribution in [-0.4, -0.2) is 18.0 Å². The molecule has 0 saturated carbocycles. The third kappa shape index (κ3) is 7.56. The molecule has 0 atom stereocenters. The molecule has 7 heteroatoms. The van der Waals surface area contributed by atoms with Crippen molar-refractivity contribution in [2.75, 3.05) is 5.32 Å².